The van der Waals surface area contributed by atoms with Gasteiger partial charge in [0.2, 0.25) is 0 Å². The number of carbonyl (C=O) groups is 1. The molecule has 0 saturated heterocycles. The molecule has 0 bridgehead atoms. The molecule has 0 aliphatic carbocycles. The molecule has 1 aromatic carbocycles. The fourth-order valence-electron chi connectivity index (χ4n) is 2.43. The number of carboxylic acids is 1. The molecular weight excluding hydrogens is 347 g/mol. The molecular formula is C16H20Cl3O3-. The Kier molecular flexibility index (Phi) is 6.84. The Morgan fingerprint density at radius 1 is 1.18 bits per heavy atom. The number of carbonyl (C=O) groups excluding carboxylic acids is 1. The summed E-state index contributed by atoms with van der Waals surface area (Å²) in [6.45, 7) is 8.30. The maximum Gasteiger partial charge on any atom is 0.140 e. The monoisotopic (exact) mass is 365 g/mol. The second-order valence-electron chi connectivity index (χ2n) is 6.73. The van der Waals surface area contributed by atoms with E-state index >= 15 is 0 Å². The third kappa shape index (κ3) is 6.23. The van der Waals surface area contributed by atoms with E-state index < -0.39 is 12.1 Å². The van der Waals surface area contributed by atoms with Crippen LogP contribution in [-0.4, -0.2) is 12.1 Å². The molecule has 0 saturated carbocycles. The van der Waals surface area contributed by atoms with Crippen LogP contribution in [0, 0.1) is 11.3 Å². The number of ether oxygens (including phenoxy) is 1. The van der Waals surface area contributed by atoms with E-state index in [4.69, 9.17) is 39.5 Å². The first kappa shape index (κ1) is 19.4. The number of hydrogen-bond acceptors (Lipinski definition) is 3. The van der Waals surface area contributed by atoms with Crippen molar-refractivity contribution in [2.45, 2.75) is 46.6 Å². The number of hydrogen-bond donors (Lipinski definition) is 0. The number of aliphatic carboxylic acids is 1. The minimum absolute atomic E-state index is 0.108. The minimum Gasteiger partial charge on any atom is -0.546 e. The van der Waals surface area contributed by atoms with Gasteiger partial charge in [0.1, 0.15) is 11.9 Å². The molecule has 0 aromatic heterocycles. The molecule has 2 unspecified atom stereocenters. The highest BCUT2D eigenvalue weighted by atomic mass is 35.5. The van der Waals surface area contributed by atoms with Crippen molar-refractivity contribution in [3.05, 3.63) is 27.2 Å². The molecule has 0 N–H and O–H groups in total. The van der Waals surface area contributed by atoms with Crippen LogP contribution in [0.3, 0.4) is 0 Å². The number of halogens is 3. The van der Waals surface area contributed by atoms with Crippen LogP contribution in [0.1, 0.15) is 40.5 Å². The summed E-state index contributed by atoms with van der Waals surface area (Å²) in [7, 11) is 0. The van der Waals surface area contributed by atoms with Gasteiger partial charge in [-0.1, -0.05) is 62.5 Å². The van der Waals surface area contributed by atoms with Crippen LogP contribution >= 0.6 is 34.8 Å². The van der Waals surface area contributed by atoms with Crippen LogP contribution < -0.4 is 9.84 Å². The van der Waals surface area contributed by atoms with Gasteiger partial charge in [-0.15, -0.1) is 0 Å². The molecule has 2 atom stereocenters. The zero-order valence-corrected chi connectivity index (χ0v) is 15.4. The first-order valence-electron chi connectivity index (χ1n) is 7.01. The van der Waals surface area contributed by atoms with Crippen LogP contribution in [0.25, 0.3) is 0 Å². The summed E-state index contributed by atoms with van der Waals surface area (Å²) in [5, 5.41) is 12.1. The largest absolute Gasteiger partial charge is 0.546 e. The van der Waals surface area contributed by atoms with Crippen molar-refractivity contribution < 1.29 is 14.6 Å². The predicted molar refractivity (Wildman–Crippen MR) is 88.7 cm³/mol. The predicted octanol–water partition coefficient (Wildman–Crippen LogP) is 4.61. The summed E-state index contributed by atoms with van der Waals surface area (Å²) in [6, 6.07) is 2.84. The second kappa shape index (κ2) is 7.76. The molecule has 0 fully saturated rings. The van der Waals surface area contributed by atoms with Crippen molar-refractivity contribution in [2.24, 2.45) is 11.3 Å². The van der Waals surface area contributed by atoms with Gasteiger partial charge < -0.3 is 14.6 Å². The Bertz CT molecular complexity index is 538. The maximum atomic E-state index is 11.3. The standard InChI is InChI=1S/C16H21Cl3O3/c1-9(8-16(2,3)4)5-14(15(20)21)22-13-7-11(18)10(17)6-12(13)19/h6-7,9,14H,5,8H2,1-4H3,(H,20,21)/p-1. The Labute approximate surface area is 146 Å². The lowest BCUT2D eigenvalue weighted by atomic mass is 9.83. The first-order chi connectivity index (χ1) is 9.99. The van der Waals surface area contributed by atoms with Gasteiger partial charge in [-0.3, -0.25) is 0 Å². The van der Waals surface area contributed by atoms with Crippen molar-refractivity contribution in [3.8, 4) is 5.75 Å². The molecule has 6 heteroatoms. The lowest BCUT2D eigenvalue weighted by molar-refractivity contribution is -0.314. The quantitative estimate of drug-likeness (QED) is 0.691. The van der Waals surface area contributed by atoms with Crippen LogP contribution in [-0.2, 0) is 4.79 Å². The van der Waals surface area contributed by atoms with Gasteiger partial charge in [-0.2, -0.15) is 0 Å². The molecule has 0 aliphatic rings. The third-order valence-corrected chi connectivity index (χ3v) is 4.10. The average Bonchev–Trinajstić information content (AvgIpc) is 2.32. The zero-order chi connectivity index (χ0) is 17.1. The molecule has 0 aliphatic heterocycles. The van der Waals surface area contributed by atoms with Gasteiger partial charge in [0.25, 0.3) is 0 Å². The van der Waals surface area contributed by atoms with Gasteiger partial charge in [-0.05, 0) is 30.2 Å². The lowest BCUT2D eigenvalue weighted by Crippen LogP contribution is -2.41. The smallest absolute Gasteiger partial charge is 0.140 e. The summed E-state index contributed by atoms with van der Waals surface area (Å²) in [6.07, 6.45) is 0.109. The molecule has 124 valence electrons. The highest BCUT2D eigenvalue weighted by molar-refractivity contribution is 6.43. The van der Waals surface area contributed by atoms with Crippen LogP contribution in [0.15, 0.2) is 12.1 Å². The van der Waals surface area contributed by atoms with Crippen LogP contribution in [0.5, 0.6) is 5.75 Å². The van der Waals surface area contributed by atoms with E-state index in [0.29, 0.717) is 6.42 Å². The fraction of sp³-hybridized carbons (Fsp3) is 0.562. The van der Waals surface area contributed by atoms with Crippen LogP contribution in [0.4, 0.5) is 0 Å². The average molecular weight is 367 g/mol. The van der Waals surface area contributed by atoms with Crippen molar-refractivity contribution in [1.29, 1.82) is 0 Å². The highest BCUT2D eigenvalue weighted by Crippen LogP contribution is 2.35. The van der Waals surface area contributed by atoms with Gasteiger partial charge in [-0.25, -0.2) is 0 Å². The van der Waals surface area contributed by atoms with E-state index in [1.165, 1.54) is 12.1 Å². The topological polar surface area (TPSA) is 49.4 Å². The summed E-state index contributed by atoms with van der Waals surface area (Å²) >= 11 is 17.8. The highest BCUT2D eigenvalue weighted by Gasteiger charge is 2.22. The van der Waals surface area contributed by atoms with Gasteiger partial charge >= 0.3 is 0 Å². The molecule has 0 amide bonds. The van der Waals surface area contributed by atoms with Gasteiger partial charge in [0, 0.05) is 6.07 Å². The zero-order valence-electron chi connectivity index (χ0n) is 13.1. The first-order valence-corrected chi connectivity index (χ1v) is 8.15. The summed E-state index contributed by atoms with van der Waals surface area (Å²) in [4.78, 5) is 11.3. The normalized spacial score (nSPS) is 14.5. The number of benzene rings is 1. The van der Waals surface area contributed by atoms with E-state index in [-0.39, 0.29) is 32.2 Å². The Hall–Kier alpha value is -0.640. The molecule has 0 spiro atoms. The second-order valence-corrected chi connectivity index (χ2v) is 7.95. The molecule has 0 radical (unpaired) electrons. The van der Waals surface area contributed by atoms with Crippen LogP contribution in [0.2, 0.25) is 15.1 Å². The molecule has 0 heterocycles. The van der Waals surface area contributed by atoms with E-state index in [1.54, 1.807) is 0 Å². The number of rotatable bonds is 6. The Morgan fingerprint density at radius 2 is 1.73 bits per heavy atom. The number of carboxylic acid groups (broad SMARTS) is 1. The Balaban J connectivity index is 2.85. The molecule has 22 heavy (non-hydrogen) atoms. The fourth-order valence-corrected chi connectivity index (χ4v) is 3.02. The molecule has 1 aromatic rings. The van der Waals surface area contributed by atoms with E-state index in [2.05, 4.69) is 20.8 Å². The lowest BCUT2D eigenvalue weighted by Gasteiger charge is -2.28. The summed E-state index contributed by atoms with van der Waals surface area (Å²) < 4.78 is 5.49. The van der Waals surface area contributed by atoms with Gasteiger partial charge in [0.15, 0.2) is 0 Å². The Morgan fingerprint density at radius 3 is 2.23 bits per heavy atom. The van der Waals surface area contributed by atoms with Crippen molar-refractivity contribution in [2.75, 3.05) is 0 Å². The summed E-state index contributed by atoms with van der Waals surface area (Å²) in [5.74, 6) is -0.930. The van der Waals surface area contributed by atoms with E-state index in [0.717, 1.165) is 6.42 Å². The van der Waals surface area contributed by atoms with Crippen molar-refractivity contribution >= 4 is 40.8 Å². The molecule has 3 nitrogen and oxygen atoms in total. The SMILES string of the molecule is CC(CC(Oc1cc(Cl)c(Cl)cc1Cl)C(=O)[O-])CC(C)(C)C. The summed E-state index contributed by atoms with van der Waals surface area (Å²) in [5.41, 5.74) is 0.108. The maximum absolute atomic E-state index is 11.3. The van der Waals surface area contributed by atoms with Gasteiger partial charge in [0.05, 0.1) is 21.0 Å². The molecule has 1 rings (SSSR count). The van der Waals surface area contributed by atoms with Crippen molar-refractivity contribution in [3.63, 3.8) is 0 Å². The third-order valence-electron chi connectivity index (χ3n) is 3.08. The minimum atomic E-state index is -1.28. The van der Waals surface area contributed by atoms with E-state index in [1.807, 2.05) is 6.92 Å². The van der Waals surface area contributed by atoms with Crippen molar-refractivity contribution in [1.82, 2.24) is 0 Å². The van der Waals surface area contributed by atoms with E-state index in [9.17, 15) is 9.90 Å².